The highest BCUT2D eigenvalue weighted by molar-refractivity contribution is 7.46. The van der Waals surface area contributed by atoms with Crippen molar-refractivity contribution in [1.29, 1.82) is 0 Å². The topological polar surface area (TPSA) is 110 Å². The van der Waals surface area contributed by atoms with E-state index < -0.39 is 13.7 Å². The largest absolute Gasteiger partial charge is 0.524 e. The second-order valence-corrected chi connectivity index (χ2v) is 4.19. The van der Waals surface area contributed by atoms with Crippen LogP contribution in [-0.2, 0) is 4.57 Å². The van der Waals surface area contributed by atoms with E-state index in [1.807, 2.05) is 0 Å². The van der Waals surface area contributed by atoms with Gasteiger partial charge in [-0.15, -0.1) is 0 Å². The molecule has 0 saturated heterocycles. The normalized spacial score (nSPS) is 11.1. The lowest BCUT2D eigenvalue weighted by Gasteiger charge is -2.09. The number of benzene rings is 1. The fourth-order valence-corrected chi connectivity index (χ4v) is 1.49. The third-order valence-electron chi connectivity index (χ3n) is 1.42. The van der Waals surface area contributed by atoms with E-state index in [2.05, 4.69) is 4.52 Å². The molecule has 6 nitrogen and oxygen atoms in total. The summed E-state index contributed by atoms with van der Waals surface area (Å²) in [7, 11) is -4.72. The van der Waals surface area contributed by atoms with Gasteiger partial charge < -0.3 is 10.3 Å². The van der Waals surface area contributed by atoms with Crippen LogP contribution in [0.4, 0.5) is 0 Å². The van der Waals surface area contributed by atoms with Crippen molar-refractivity contribution in [1.82, 2.24) is 0 Å². The van der Waals surface area contributed by atoms with E-state index in [1.165, 1.54) is 6.07 Å². The summed E-state index contributed by atoms with van der Waals surface area (Å²) < 4.78 is 14.8. The van der Waals surface area contributed by atoms with Crippen LogP contribution in [0, 0.1) is 0 Å². The van der Waals surface area contributed by atoms with Crippen LogP contribution < -0.4 is 10.3 Å². The third kappa shape index (κ3) is 3.53. The molecular formula is C7H7ClNO5P. The zero-order valence-electron chi connectivity index (χ0n) is 7.25. The van der Waals surface area contributed by atoms with Gasteiger partial charge in [-0.2, -0.15) is 0 Å². The van der Waals surface area contributed by atoms with Crippen molar-refractivity contribution in [3.63, 3.8) is 0 Å². The molecule has 0 heterocycles. The van der Waals surface area contributed by atoms with Gasteiger partial charge in [0.15, 0.2) is 0 Å². The van der Waals surface area contributed by atoms with Gasteiger partial charge in [-0.25, -0.2) is 4.57 Å². The second kappa shape index (κ2) is 4.20. The number of carbonyl (C=O) groups is 1. The Labute approximate surface area is 89.9 Å². The Balaban J connectivity index is 3.18. The maximum absolute atomic E-state index is 10.9. The molecule has 1 rings (SSSR count). The Morgan fingerprint density at radius 1 is 1.47 bits per heavy atom. The Kier molecular flexibility index (Phi) is 3.36. The summed E-state index contributed by atoms with van der Waals surface area (Å²) in [5.74, 6) is -1.19. The van der Waals surface area contributed by atoms with Crippen LogP contribution >= 0.6 is 19.4 Å². The molecule has 82 valence electrons. The number of nitrogens with two attached hydrogens (primary N) is 1. The van der Waals surface area contributed by atoms with E-state index in [1.54, 1.807) is 0 Å². The van der Waals surface area contributed by atoms with Crippen LogP contribution in [0.1, 0.15) is 10.4 Å². The highest BCUT2D eigenvalue weighted by atomic mass is 35.5. The number of amides is 1. The molecule has 1 aromatic carbocycles. The van der Waals surface area contributed by atoms with Gasteiger partial charge in [0.05, 0.1) is 5.56 Å². The molecule has 0 aliphatic rings. The van der Waals surface area contributed by atoms with E-state index in [4.69, 9.17) is 27.1 Å². The molecule has 0 unspecified atom stereocenters. The molecule has 1 aromatic rings. The summed E-state index contributed by atoms with van der Waals surface area (Å²) in [6.45, 7) is 0. The molecule has 0 fully saturated rings. The molecule has 4 N–H and O–H groups in total. The Bertz CT molecular complexity index is 443. The lowest BCUT2D eigenvalue weighted by molar-refractivity contribution is 0.0998. The monoisotopic (exact) mass is 251 g/mol. The second-order valence-electron chi connectivity index (χ2n) is 2.59. The minimum atomic E-state index is -4.72. The number of hydrogen-bond acceptors (Lipinski definition) is 3. The molecule has 1 amide bonds. The van der Waals surface area contributed by atoms with Crippen LogP contribution in [0.5, 0.6) is 5.75 Å². The van der Waals surface area contributed by atoms with Crippen LogP contribution in [0.2, 0.25) is 5.02 Å². The average Bonchev–Trinajstić information content (AvgIpc) is 2.05. The van der Waals surface area contributed by atoms with Gasteiger partial charge in [0.2, 0.25) is 0 Å². The maximum atomic E-state index is 10.9. The van der Waals surface area contributed by atoms with E-state index in [0.717, 1.165) is 12.1 Å². The Morgan fingerprint density at radius 2 is 2.07 bits per heavy atom. The lowest BCUT2D eigenvalue weighted by Crippen LogP contribution is -2.12. The van der Waals surface area contributed by atoms with Crippen LogP contribution in [0.25, 0.3) is 0 Å². The first-order valence-corrected chi connectivity index (χ1v) is 5.55. The van der Waals surface area contributed by atoms with Gasteiger partial charge in [0.25, 0.3) is 5.91 Å². The molecule has 15 heavy (non-hydrogen) atoms. The maximum Gasteiger partial charge on any atom is 0.524 e. The van der Waals surface area contributed by atoms with Gasteiger partial charge in [-0.3, -0.25) is 14.6 Å². The average molecular weight is 252 g/mol. The number of hydrogen-bond donors (Lipinski definition) is 3. The van der Waals surface area contributed by atoms with Crippen LogP contribution in [0.15, 0.2) is 18.2 Å². The van der Waals surface area contributed by atoms with Crippen LogP contribution in [-0.4, -0.2) is 15.7 Å². The number of primary amides is 1. The minimum Gasteiger partial charge on any atom is -0.403 e. The summed E-state index contributed by atoms with van der Waals surface area (Å²) in [5, 5.41) is 0.210. The molecule has 0 spiro atoms. The number of halogens is 1. The molecule has 0 radical (unpaired) electrons. The highest BCUT2D eigenvalue weighted by Crippen LogP contribution is 2.39. The van der Waals surface area contributed by atoms with Gasteiger partial charge in [-0.1, -0.05) is 11.6 Å². The Hall–Kier alpha value is -1.07. The van der Waals surface area contributed by atoms with Gasteiger partial charge in [0, 0.05) is 5.02 Å². The predicted octanol–water partition coefficient (Wildman–Crippen LogP) is 0.910. The number of phosphoric ester groups is 1. The summed E-state index contributed by atoms with van der Waals surface area (Å²) >= 11 is 5.57. The summed E-state index contributed by atoms with van der Waals surface area (Å²) in [6.07, 6.45) is 0. The van der Waals surface area contributed by atoms with Crippen molar-refractivity contribution >= 4 is 25.3 Å². The molecular weight excluding hydrogens is 245 g/mol. The van der Waals surface area contributed by atoms with Gasteiger partial charge in [0.1, 0.15) is 5.75 Å². The molecule has 0 atom stereocenters. The fraction of sp³-hybridized carbons (Fsp3) is 0. The smallest absolute Gasteiger partial charge is 0.403 e. The standard InChI is InChI=1S/C7H7ClNO5P/c8-4-1-2-6(14-15(11,12)13)5(3-4)7(9)10/h1-3H,(H2,9,10)(H2,11,12,13). The van der Waals surface area contributed by atoms with Crippen molar-refractivity contribution < 1.29 is 23.7 Å². The van der Waals surface area contributed by atoms with Crippen molar-refractivity contribution in [2.45, 2.75) is 0 Å². The fourth-order valence-electron chi connectivity index (χ4n) is 0.902. The highest BCUT2D eigenvalue weighted by Gasteiger charge is 2.20. The van der Waals surface area contributed by atoms with E-state index in [0.29, 0.717) is 0 Å². The van der Waals surface area contributed by atoms with E-state index >= 15 is 0 Å². The zero-order chi connectivity index (χ0) is 11.6. The van der Waals surface area contributed by atoms with Gasteiger partial charge in [-0.05, 0) is 18.2 Å². The van der Waals surface area contributed by atoms with E-state index in [-0.39, 0.29) is 16.3 Å². The molecule has 0 aromatic heterocycles. The van der Waals surface area contributed by atoms with Gasteiger partial charge >= 0.3 is 7.82 Å². The molecule has 0 bridgehead atoms. The number of phosphoric acid groups is 1. The third-order valence-corrected chi connectivity index (χ3v) is 2.09. The summed E-state index contributed by atoms with van der Waals surface area (Å²) in [4.78, 5) is 28.0. The van der Waals surface area contributed by atoms with Crippen molar-refractivity contribution in [2.24, 2.45) is 5.73 Å². The molecule has 0 aliphatic heterocycles. The first-order valence-electron chi connectivity index (χ1n) is 3.64. The lowest BCUT2D eigenvalue weighted by atomic mass is 10.2. The zero-order valence-corrected chi connectivity index (χ0v) is 8.90. The number of rotatable bonds is 3. The first kappa shape index (κ1) is 12.0. The first-order chi connectivity index (χ1) is 6.79. The predicted molar refractivity (Wildman–Crippen MR) is 52.6 cm³/mol. The molecule has 0 aliphatic carbocycles. The van der Waals surface area contributed by atoms with Crippen molar-refractivity contribution in [3.05, 3.63) is 28.8 Å². The van der Waals surface area contributed by atoms with E-state index in [9.17, 15) is 9.36 Å². The summed E-state index contributed by atoms with van der Waals surface area (Å²) in [5.41, 5.74) is 4.78. The Morgan fingerprint density at radius 3 is 2.53 bits per heavy atom. The molecule has 0 saturated carbocycles. The minimum absolute atomic E-state index is 0.189. The summed E-state index contributed by atoms with van der Waals surface area (Å²) in [6, 6.07) is 3.63. The van der Waals surface area contributed by atoms with Crippen molar-refractivity contribution in [2.75, 3.05) is 0 Å². The quantitative estimate of drug-likeness (QED) is 0.692. The van der Waals surface area contributed by atoms with Crippen LogP contribution in [0.3, 0.4) is 0 Å². The van der Waals surface area contributed by atoms with Crippen molar-refractivity contribution in [3.8, 4) is 5.75 Å². The SMILES string of the molecule is NC(=O)c1cc(Cl)ccc1OP(=O)(O)O. The number of carbonyl (C=O) groups excluding carboxylic acids is 1. The molecule has 8 heteroatoms.